The van der Waals surface area contributed by atoms with Crippen molar-refractivity contribution in [3.63, 3.8) is 0 Å². The van der Waals surface area contributed by atoms with Gasteiger partial charge in [-0.1, -0.05) is 12.1 Å². The van der Waals surface area contributed by atoms with Crippen molar-refractivity contribution >= 4 is 11.8 Å². The lowest BCUT2D eigenvalue weighted by molar-refractivity contribution is -0.276. The molecule has 0 bridgehead atoms. The maximum atomic E-state index is 12.6. The fourth-order valence-corrected chi connectivity index (χ4v) is 3.38. The molecule has 5 atom stereocenters. The average molecular weight is 478 g/mol. The molecule has 0 spiro atoms. The molecule has 3 rings (SSSR count). The van der Waals surface area contributed by atoms with E-state index in [0.717, 1.165) is 17.7 Å². The number of hydrogen-bond donors (Lipinski definition) is 6. The number of hydrogen-bond acceptors (Lipinski definition) is 11. The van der Waals surface area contributed by atoms with Crippen LogP contribution in [0.2, 0.25) is 0 Å². The predicted molar refractivity (Wildman–Crippen MR) is 114 cm³/mol. The van der Waals surface area contributed by atoms with E-state index in [-0.39, 0.29) is 17.1 Å². The van der Waals surface area contributed by atoms with E-state index in [0.29, 0.717) is 12.8 Å². The summed E-state index contributed by atoms with van der Waals surface area (Å²) in [5.74, 6) is -3.18. The minimum absolute atomic E-state index is 0.0541. The van der Waals surface area contributed by atoms with E-state index < -0.39 is 60.5 Å². The Labute approximate surface area is 194 Å². The van der Waals surface area contributed by atoms with Crippen LogP contribution in [0.1, 0.15) is 29.3 Å². The van der Waals surface area contributed by atoms with Gasteiger partial charge in [-0.05, 0) is 43.2 Å². The highest BCUT2D eigenvalue weighted by molar-refractivity contribution is 5.91. The van der Waals surface area contributed by atoms with Gasteiger partial charge in [-0.2, -0.15) is 0 Å². The van der Waals surface area contributed by atoms with Crippen molar-refractivity contribution in [1.29, 1.82) is 0 Å². The summed E-state index contributed by atoms with van der Waals surface area (Å²) >= 11 is 0. The second kappa shape index (κ2) is 10.7. The second-order valence-corrected chi connectivity index (χ2v) is 7.90. The summed E-state index contributed by atoms with van der Waals surface area (Å²) in [6, 6.07) is 8.29. The van der Waals surface area contributed by atoms with Crippen molar-refractivity contribution in [2.75, 3.05) is 6.61 Å². The molecule has 34 heavy (non-hydrogen) atoms. The monoisotopic (exact) mass is 478 g/mol. The molecule has 1 fully saturated rings. The first-order valence-electron chi connectivity index (χ1n) is 10.4. The van der Waals surface area contributed by atoms with Gasteiger partial charge in [0, 0.05) is 6.42 Å². The van der Waals surface area contributed by atoms with Gasteiger partial charge in [0.1, 0.15) is 29.8 Å². The largest absolute Gasteiger partial charge is 0.504 e. The average Bonchev–Trinajstić information content (AvgIpc) is 2.81. The van der Waals surface area contributed by atoms with E-state index in [9.17, 15) is 40.2 Å². The molecule has 0 unspecified atom stereocenters. The van der Waals surface area contributed by atoms with Crippen LogP contribution in [0.4, 0.5) is 0 Å². The Hall–Kier alpha value is -3.38. The summed E-state index contributed by atoms with van der Waals surface area (Å²) in [5.41, 5.74) is 0.526. The van der Waals surface area contributed by atoms with Gasteiger partial charge in [0.25, 0.3) is 0 Å². The molecular formula is C23H26O11. The number of phenols is 3. The van der Waals surface area contributed by atoms with Crippen molar-refractivity contribution in [1.82, 2.24) is 0 Å². The molecule has 0 amide bonds. The van der Waals surface area contributed by atoms with Crippen LogP contribution in [-0.4, -0.2) is 79.7 Å². The number of benzene rings is 2. The topological polar surface area (TPSA) is 183 Å². The zero-order valence-electron chi connectivity index (χ0n) is 18.2. The fourth-order valence-electron chi connectivity index (χ4n) is 3.38. The SMILES string of the molecule is CC(=O)CCc1ccc(O[C@H]2O[C@H](CO)[C@@H](O)[C@H](O)[C@H]2OC(=O)c2cc(O)c(O)c(O)c2)cc1. The summed E-state index contributed by atoms with van der Waals surface area (Å²) < 4.78 is 16.5. The fraction of sp³-hybridized carbons (Fsp3) is 0.391. The first-order valence-corrected chi connectivity index (χ1v) is 10.4. The lowest BCUT2D eigenvalue weighted by Crippen LogP contribution is -2.61. The number of carbonyl (C=O) groups excluding carboxylic acids is 2. The van der Waals surface area contributed by atoms with Crippen LogP contribution in [0.25, 0.3) is 0 Å². The first-order chi connectivity index (χ1) is 16.1. The van der Waals surface area contributed by atoms with E-state index >= 15 is 0 Å². The number of esters is 1. The maximum absolute atomic E-state index is 12.6. The number of aryl methyl sites for hydroxylation is 1. The molecule has 1 saturated heterocycles. The zero-order chi connectivity index (χ0) is 25.0. The van der Waals surface area contributed by atoms with Gasteiger partial charge in [-0.25, -0.2) is 4.79 Å². The summed E-state index contributed by atoms with van der Waals surface area (Å²) in [6.07, 6.45) is -6.64. The minimum Gasteiger partial charge on any atom is -0.504 e. The third kappa shape index (κ3) is 5.75. The van der Waals surface area contributed by atoms with Gasteiger partial charge in [-0.15, -0.1) is 0 Å². The van der Waals surface area contributed by atoms with Crippen molar-refractivity contribution in [2.45, 2.75) is 50.5 Å². The van der Waals surface area contributed by atoms with E-state index in [4.69, 9.17) is 14.2 Å². The number of rotatable bonds is 8. The summed E-state index contributed by atoms with van der Waals surface area (Å²) in [7, 11) is 0. The highest BCUT2D eigenvalue weighted by Gasteiger charge is 2.48. The lowest BCUT2D eigenvalue weighted by Gasteiger charge is -2.41. The Balaban J connectivity index is 1.80. The number of aliphatic hydroxyl groups excluding tert-OH is 3. The quantitative estimate of drug-likeness (QED) is 0.228. The van der Waals surface area contributed by atoms with E-state index in [1.807, 2.05) is 0 Å². The predicted octanol–water partition coefficient (Wildman–Crippen LogP) is 0.368. The number of Topliss-reactive ketones (excluding diaryl/α,β-unsaturated/α-hetero) is 1. The maximum Gasteiger partial charge on any atom is 0.339 e. The van der Waals surface area contributed by atoms with Gasteiger partial charge in [-0.3, -0.25) is 0 Å². The van der Waals surface area contributed by atoms with Crippen molar-refractivity contribution in [3.8, 4) is 23.0 Å². The van der Waals surface area contributed by atoms with Gasteiger partial charge < -0.3 is 49.6 Å². The molecule has 0 saturated carbocycles. The van der Waals surface area contributed by atoms with Crippen LogP contribution in [0.3, 0.4) is 0 Å². The molecule has 11 nitrogen and oxygen atoms in total. The molecule has 1 heterocycles. The van der Waals surface area contributed by atoms with Gasteiger partial charge in [0.15, 0.2) is 23.4 Å². The third-order valence-electron chi connectivity index (χ3n) is 5.31. The summed E-state index contributed by atoms with van der Waals surface area (Å²) in [6.45, 7) is 0.847. The van der Waals surface area contributed by atoms with E-state index in [2.05, 4.69) is 0 Å². The molecule has 1 aliphatic rings. The number of ether oxygens (including phenoxy) is 3. The molecule has 2 aromatic carbocycles. The number of aliphatic hydroxyl groups is 3. The van der Waals surface area contributed by atoms with Crippen LogP contribution >= 0.6 is 0 Å². The summed E-state index contributed by atoms with van der Waals surface area (Å²) in [5, 5.41) is 58.9. The van der Waals surface area contributed by atoms with Crippen LogP contribution in [0.5, 0.6) is 23.0 Å². The van der Waals surface area contributed by atoms with Gasteiger partial charge in [0.2, 0.25) is 6.29 Å². The molecule has 2 aromatic rings. The Morgan fingerprint density at radius 1 is 1.00 bits per heavy atom. The Morgan fingerprint density at radius 3 is 2.18 bits per heavy atom. The van der Waals surface area contributed by atoms with Crippen molar-refractivity contribution < 1.29 is 54.4 Å². The third-order valence-corrected chi connectivity index (χ3v) is 5.31. The van der Waals surface area contributed by atoms with Crippen molar-refractivity contribution in [2.24, 2.45) is 0 Å². The Morgan fingerprint density at radius 2 is 1.62 bits per heavy atom. The molecule has 1 aliphatic heterocycles. The van der Waals surface area contributed by atoms with E-state index in [1.165, 1.54) is 6.92 Å². The van der Waals surface area contributed by atoms with Crippen molar-refractivity contribution in [3.05, 3.63) is 47.5 Å². The normalized spacial score (nSPS) is 24.4. The zero-order valence-corrected chi connectivity index (χ0v) is 18.2. The summed E-state index contributed by atoms with van der Waals surface area (Å²) in [4.78, 5) is 23.8. The standard InChI is InChI=1S/C23H26O11/c1-11(25)2-3-12-4-6-14(7-5-12)32-23-21(20(30)19(29)17(10-24)33-23)34-22(31)13-8-15(26)18(28)16(27)9-13/h4-9,17,19-21,23-24,26-30H,2-3,10H2,1H3/t17-,19-,20+,21-,23+/m1/s1. The molecule has 11 heteroatoms. The Kier molecular flexibility index (Phi) is 7.94. The molecule has 0 aliphatic carbocycles. The lowest BCUT2D eigenvalue weighted by atomic mass is 9.99. The Bertz CT molecular complexity index is 997. The number of ketones is 1. The van der Waals surface area contributed by atoms with Crippen LogP contribution in [0, 0.1) is 0 Å². The first kappa shape index (κ1) is 25.2. The van der Waals surface area contributed by atoms with Gasteiger partial charge in [0.05, 0.1) is 12.2 Å². The van der Waals surface area contributed by atoms with Crippen LogP contribution < -0.4 is 4.74 Å². The van der Waals surface area contributed by atoms with Gasteiger partial charge >= 0.3 is 5.97 Å². The molecule has 184 valence electrons. The number of aromatic hydroxyl groups is 3. The smallest absolute Gasteiger partial charge is 0.339 e. The second-order valence-electron chi connectivity index (χ2n) is 7.90. The number of carbonyl (C=O) groups is 2. The highest BCUT2D eigenvalue weighted by atomic mass is 16.7. The molecule has 6 N–H and O–H groups in total. The highest BCUT2D eigenvalue weighted by Crippen LogP contribution is 2.36. The number of phenolic OH excluding ortho intramolecular Hbond substituents is 3. The molecule has 0 aromatic heterocycles. The molecule has 0 radical (unpaired) electrons. The van der Waals surface area contributed by atoms with Crippen LogP contribution in [0.15, 0.2) is 36.4 Å². The van der Waals surface area contributed by atoms with Crippen LogP contribution in [-0.2, 0) is 20.7 Å². The minimum atomic E-state index is -1.71. The van der Waals surface area contributed by atoms with E-state index in [1.54, 1.807) is 24.3 Å². The molecular weight excluding hydrogens is 452 g/mol.